The van der Waals surface area contributed by atoms with Gasteiger partial charge in [0, 0.05) is 24.5 Å². The van der Waals surface area contributed by atoms with Crippen molar-refractivity contribution in [3.05, 3.63) is 53.1 Å². The van der Waals surface area contributed by atoms with E-state index < -0.39 is 0 Å². The van der Waals surface area contributed by atoms with E-state index in [0.29, 0.717) is 12.1 Å². The Hall–Kier alpha value is -2.14. The number of aromatic amines is 1. The van der Waals surface area contributed by atoms with Crippen molar-refractivity contribution in [1.29, 1.82) is 0 Å². The molecule has 1 aliphatic heterocycles. The molecule has 1 aromatic carbocycles. The number of H-pyrrole nitrogens is 1. The Balaban J connectivity index is 1.69. The summed E-state index contributed by atoms with van der Waals surface area (Å²) in [5.74, 6) is 0.692. The van der Waals surface area contributed by atoms with Gasteiger partial charge in [-0.25, -0.2) is 4.98 Å². The van der Waals surface area contributed by atoms with Gasteiger partial charge in [-0.2, -0.15) is 0 Å². The molecule has 0 atom stereocenters. The second-order valence-electron chi connectivity index (χ2n) is 4.63. The van der Waals surface area contributed by atoms with Crippen molar-refractivity contribution in [3.63, 3.8) is 0 Å². The van der Waals surface area contributed by atoms with E-state index in [2.05, 4.69) is 26.7 Å². The minimum absolute atomic E-state index is 0.0650. The van der Waals surface area contributed by atoms with Gasteiger partial charge in [0.2, 0.25) is 0 Å². The molecule has 1 aromatic heterocycles. The number of carbonyl (C=O) groups is 1. The maximum atomic E-state index is 12.1. The molecule has 5 heteroatoms. The zero-order valence-electron chi connectivity index (χ0n) is 10.6. The summed E-state index contributed by atoms with van der Waals surface area (Å²) in [4.78, 5) is 19.1. The van der Waals surface area contributed by atoms with Gasteiger partial charge < -0.3 is 15.6 Å². The topological polar surface area (TPSA) is 69.8 Å². The lowest BCUT2D eigenvalue weighted by atomic mass is 9.98. The Morgan fingerprint density at radius 1 is 1.37 bits per heavy atom. The van der Waals surface area contributed by atoms with E-state index in [1.54, 1.807) is 12.4 Å². The van der Waals surface area contributed by atoms with E-state index in [4.69, 9.17) is 0 Å². The zero-order valence-corrected chi connectivity index (χ0v) is 10.6. The molecule has 2 heterocycles. The van der Waals surface area contributed by atoms with Crippen LogP contribution in [0.4, 0.5) is 0 Å². The normalized spacial score (nSPS) is 13.9. The SMILES string of the molecule is O=C(NCc1ncc[nH]1)c1ccc2c(c1)CNCC2. The third kappa shape index (κ3) is 2.66. The maximum absolute atomic E-state index is 12.1. The highest BCUT2D eigenvalue weighted by Gasteiger charge is 2.12. The van der Waals surface area contributed by atoms with Crippen molar-refractivity contribution in [1.82, 2.24) is 20.6 Å². The minimum Gasteiger partial charge on any atom is -0.347 e. The van der Waals surface area contributed by atoms with Crippen molar-refractivity contribution in [3.8, 4) is 0 Å². The van der Waals surface area contributed by atoms with Gasteiger partial charge >= 0.3 is 0 Å². The van der Waals surface area contributed by atoms with E-state index in [9.17, 15) is 4.79 Å². The molecule has 0 aliphatic carbocycles. The molecule has 0 spiro atoms. The molecule has 1 aliphatic rings. The van der Waals surface area contributed by atoms with Crippen LogP contribution < -0.4 is 10.6 Å². The largest absolute Gasteiger partial charge is 0.347 e. The fourth-order valence-corrected chi connectivity index (χ4v) is 2.28. The summed E-state index contributed by atoms with van der Waals surface area (Å²) < 4.78 is 0. The Morgan fingerprint density at radius 2 is 2.32 bits per heavy atom. The van der Waals surface area contributed by atoms with Gasteiger partial charge in [0.25, 0.3) is 5.91 Å². The number of hydrogen-bond acceptors (Lipinski definition) is 3. The van der Waals surface area contributed by atoms with Crippen LogP contribution in [0.25, 0.3) is 0 Å². The smallest absolute Gasteiger partial charge is 0.251 e. The van der Waals surface area contributed by atoms with Crippen LogP contribution in [0.5, 0.6) is 0 Å². The summed E-state index contributed by atoms with van der Waals surface area (Å²) >= 11 is 0. The lowest BCUT2D eigenvalue weighted by Crippen LogP contribution is -2.26. The summed E-state index contributed by atoms with van der Waals surface area (Å²) in [5, 5.41) is 6.17. The highest BCUT2D eigenvalue weighted by Crippen LogP contribution is 2.15. The van der Waals surface area contributed by atoms with Gasteiger partial charge in [-0.3, -0.25) is 4.79 Å². The molecule has 0 saturated heterocycles. The second-order valence-corrected chi connectivity index (χ2v) is 4.63. The van der Waals surface area contributed by atoms with Crippen molar-refractivity contribution in [2.24, 2.45) is 0 Å². The van der Waals surface area contributed by atoms with Gasteiger partial charge in [0.1, 0.15) is 5.82 Å². The van der Waals surface area contributed by atoms with E-state index in [1.165, 1.54) is 11.1 Å². The zero-order chi connectivity index (χ0) is 13.1. The monoisotopic (exact) mass is 256 g/mol. The van der Waals surface area contributed by atoms with Crippen molar-refractivity contribution < 1.29 is 4.79 Å². The lowest BCUT2D eigenvalue weighted by Gasteiger charge is -2.17. The van der Waals surface area contributed by atoms with Gasteiger partial charge in [-0.1, -0.05) is 6.07 Å². The predicted octanol–water partition coefficient (Wildman–Crippen LogP) is 0.985. The van der Waals surface area contributed by atoms with Crippen LogP contribution in [0.2, 0.25) is 0 Å². The third-order valence-electron chi connectivity index (χ3n) is 3.33. The molecule has 3 N–H and O–H groups in total. The molecule has 98 valence electrons. The standard InChI is InChI=1S/C14H16N4O/c19-14(18-9-13-16-5-6-17-13)11-2-1-10-3-4-15-8-12(10)7-11/h1-2,5-7,15H,3-4,8-9H2,(H,16,17)(H,18,19). The van der Waals surface area contributed by atoms with Gasteiger partial charge in [0.05, 0.1) is 6.54 Å². The Morgan fingerprint density at radius 3 is 3.16 bits per heavy atom. The summed E-state index contributed by atoms with van der Waals surface area (Å²) in [6, 6.07) is 5.92. The first-order chi connectivity index (χ1) is 9.33. The molecule has 0 unspecified atom stereocenters. The van der Waals surface area contributed by atoms with E-state index in [-0.39, 0.29) is 5.91 Å². The first kappa shape index (κ1) is 11.9. The summed E-state index contributed by atoms with van der Waals surface area (Å²) in [7, 11) is 0. The fourth-order valence-electron chi connectivity index (χ4n) is 2.28. The summed E-state index contributed by atoms with van der Waals surface area (Å²) in [5.41, 5.74) is 3.26. The number of benzene rings is 1. The van der Waals surface area contributed by atoms with Crippen LogP contribution in [-0.2, 0) is 19.5 Å². The predicted molar refractivity (Wildman–Crippen MR) is 71.6 cm³/mol. The molecular formula is C14H16N4O. The Labute approximate surface area is 111 Å². The molecule has 19 heavy (non-hydrogen) atoms. The van der Waals surface area contributed by atoms with Crippen LogP contribution in [0.3, 0.4) is 0 Å². The first-order valence-corrected chi connectivity index (χ1v) is 6.42. The van der Waals surface area contributed by atoms with E-state index in [0.717, 1.165) is 25.3 Å². The minimum atomic E-state index is -0.0650. The number of aromatic nitrogens is 2. The van der Waals surface area contributed by atoms with E-state index in [1.807, 2.05) is 12.1 Å². The number of imidazole rings is 1. The number of hydrogen-bond donors (Lipinski definition) is 3. The molecule has 3 rings (SSSR count). The van der Waals surface area contributed by atoms with Gasteiger partial charge in [-0.15, -0.1) is 0 Å². The maximum Gasteiger partial charge on any atom is 0.251 e. The lowest BCUT2D eigenvalue weighted by molar-refractivity contribution is 0.0950. The summed E-state index contributed by atoms with van der Waals surface area (Å²) in [6.45, 7) is 2.27. The van der Waals surface area contributed by atoms with Crippen LogP contribution >= 0.6 is 0 Å². The van der Waals surface area contributed by atoms with Crippen LogP contribution in [0.1, 0.15) is 27.3 Å². The Bertz CT molecular complexity index is 577. The number of nitrogens with one attached hydrogen (secondary N) is 3. The molecule has 1 amide bonds. The van der Waals surface area contributed by atoms with Crippen molar-refractivity contribution in [2.75, 3.05) is 6.54 Å². The highest BCUT2D eigenvalue weighted by molar-refractivity contribution is 5.94. The molecular weight excluding hydrogens is 240 g/mol. The average Bonchev–Trinajstić information content (AvgIpc) is 2.97. The summed E-state index contributed by atoms with van der Waals surface area (Å²) in [6.07, 6.45) is 4.45. The number of rotatable bonds is 3. The molecule has 2 aromatic rings. The Kier molecular flexibility index (Phi) is 3.29. The van der Waals surface area contributed by atoms with Crippen LogP contribution in [0.15, 0.2) is 30.6 Å². The molecule has 5 nitrogen and oxygen atoms in total. The number of nitrogens with zero attached hydrogens (tertiary/aromatic N) is 1. The second kappa shape index (κ2) is 5.24. The highest BCUT2D eigenvalue weighted by atomic mass is 16.1. The van der Waals surface area contributed by atoms with Crippen molar-refractivity contribution >= 4 is 5.91 Å². The number of amides is 1. The molecule has 0 bridgehead atoms. The van der Waals surface area contributed by atoms with Crippen LogP contribution in [0, 0.1) is 0 Å². The molecule has 0 radical (unpaired) electrons. The van der Waals surface area contributed by atoms with Crippen molar-refractivity contribution in [2.45, 2.75) is 19.5 Å². The number of fused-ring (bicyclic) bond motifs is 1. The van der Waals surface area contributed by atoms with Gasteiger partial charge in [0.15, 0.2) is 0 Å². The molecule has 0 fully saturated rings. The molecule has 0 saturated carbocycles. The average molecular weight is 256 g/mol. The van der Waals surface area contributed by atoms with Crippen LogP contribution in [-0.4, -0.2) is 22.4 Å². The third-order valence-corrected chi connectivity index (χ3v) is 3.33. The number of carbonyl (C=O) groups excluding carboxylic acids is 1. The van der Waals surface area contributed by atoms with E-state index >= 15 is 0 Å². The first-order valence-electron chi connectivity index (χ1n) is 6.42. The van der Waals surface area contributed by atoms with Gasteiger partial charge in [-0.05, 0) is 36.2 Å². The quantitative estimate of drug-likeness (QED) is 0.767. The fraction of sp³-hybridized carbons (Fsp3) is 0.286.